The van der Waals surface area contributed by atoms with E-state index in [0.717, 1.165) is 33.8 Å². The zero-order valence-corrected chi connectivity index (χ0v) is 17.2. The highest BCUT2D eigenvalue weighted by atomic mass is 79.9. The molecule has 6 heteroatoms. The van der Waals surface area contributed by atoms with Gasteiger partial charge in [0.1, 0.15) is 11.1 Å². The summed E-state index contributed by atoms with van der Waals surface area (Å²) in [5, 5.41) is -0.0472. The molecule has 0 radical (unpaired) electrons. The van der Waals surface area contributed by atoms with Crippen LogP contribution in [0.1, 0.15) is 21.3 Å². The maximum atomic E-state index is 13.2. The molecule has 27 heavy (non-hydrogen) atoms. The fraction of sp³-hybridized carbons (Fsp3) is 0.190. The van der Waals surface area contributed by atoms with Gasteiger partial charge >= 0.3 is 0 Å². The first-order valence-electron chi connectivity index (χ1n) is 8.67. The van der Waals surface area contributed by atoms with Gasteiger partial charge in [-0.05, 0) is 54.6 Å². The molecule has 0 saturated carbocycles. The van der Waals surface area contributed by atoms with Crippen LogP contribution >= 0.6 is 27.7 Å². The third-order valence-electron chi connectivity index (χ3n) is 4.63. The Kier molecular flexibility index (Phi) is 5.27. The monoisotopic (exact) mass is 442 g/mol. The van der Waals surface area contributed by atoms with E-state index in [1.54, 1.807) is 18.9 Å². The Morgan fingerprint density at radius 2 is 1.89 bits per heavy atom. The van der Waals surface area contributed by atoms with Crippen LogP contribution in [0.25, 0.3) is 5.69 Å². The van der Waals surface area contributed by atoms with Crippen molar-refractivity contribution in [2.45, 2.75) is 5.37 Å². The molecule has 1 aromatic heterocycles. The van der Waals surface area contributed by atoms with Gasteiger partial charge in [-0.25, -0.2) is 0 Å². The van der Waals surface area contributed by atoms with E-state index in [4.69, 9.17) is 4.74 Å². The molecule has 0 N–H and O–H groups in total. The van der Waals surface area contributed by atoms with Gasteiger partial charge in [-0.1, -0.05) is 15.9 Å². The molecule has 4 rings (SSSR count). The smallest absolute Gasteiger partial charge is 0.255 e. The van der Waals surface area contributed by atoms with Crippen molar-refractivity contribution in [2.75, 3.05) is 19.4 Å². The summed E-state index contributed by atoms with van der Waals surface area (Å²) in [6.45, 7) is 0.725. The lowest BCUT2D eigenvalue weighted by Gasteiger charge is -2.25. The zero-order chi connectivity index (χ0) is 18.8. The van der Waals surface area contributed by atoms with Crippen molar-refractivity contribution in [1.82, 2.24) is 9.47 Å². The summed E-state index contributed by atoms with van der Waals surface area (Å²) in [7, 11) is 1.67. The lowest BCUT2D eigenvalue weighted by Crippen LogP contribution is -2.30. The summed E-state index contributed by atoms with van der Waals surface area (Å²) < 4.78 is 8.53. The number of methoxy groups -OCH3 is 1. The van der Waals surface area contributed by atoms with E-state index >= 15 is 0 Å². The van der Waals surface area contributed by atoms with Crippen LogP contribution in [-0.2, 0) is 0 Å². The number of carbonyl (C=O) groups excluding carboxylic acids is 1. The summed E-state index contributed by atoms with van der Waals surface area (Å²) in [6.07, 6.45) is 3.98. The quantitative estimate of drug-likeness (QED) is 0.561. The minimum atomic E-state index is -0.0472. The first-order valence-corrected chi connectivity index (χ1v) is 10.5. The molecule has 4 nitrogen and oxygen atoms in total. The standard InChI is InChI=1S/C21H19BrN2O2S/c1-26-19-9-6-16(22)14-18(19)21-24(12-13-27-21)20(25)15-4-7-17(8-5-15)23-10-2-3-11-23/h2-11,14,21H,12-13H2,1H3. The number of hydrogen-bond acceptors (Lipinski definition) is 3. The largest absolute Gasteiger partial charge is 0.496 e. The maximum Gasteiger partial charge on any atom is 0.255 e. The van der Waals surface area contributed by atoms with Crippen molar-refractivity contribution >= 4 is 33.6 Å². The number of nitrogens with zero attached hydrogens (tertiary/aromatic N) is 2. The number of amides is 1. The summed E-state index contributed by atoms with van der Waals surface area (Å²) in [5.41, 5.74) is 2.76. The molecule has 0 spiro atoms. The Labute approximate surface area is 171 Å². The van der Waals surface area contributed by atoms with Gasteiger partial charge in [-0.2, -0.15) is 0 Å². The molecule has 1 amide bonds. The SMILES string of the molecule is COc1ccc(Br)cc1C1SCCN1C(=O)c1ccc(-n2cccc2)cc1. The molecule has 0 aliphatic carbocycles. The van der Waals surface area contributed by atoms with Crippen molar-refractivity contribution < 1.29 is 9.53 Å². The van der Waals surface area contributed by atoms with Gasteiger partial charge in [0.2, 0.25) is 0 Å². The number of ether oxygens (including phenoxy) is 1. The van der Waals surface area contributed by atoms with Crippen molar-refractivity contribution in [1.29, 1.82) is 0 Å². The first-order chi connectivity index (χ1) is 13.2. The minimum Gasteiger partial charge on any atom is -0.496 e. The van der Waals surface area contributed by atoms with E-state index in [2.05, 4.69) is 15.9 Å². The van der Waals surface area contributed by atoms with Crippen molar-refractivity contribution in [3.63, 3.8) is 0 Å². The molecule has 0 bridgehead atoms. The molecule has 1 saturated heterocycles. The number of halogens is 1. The summed E-state index contributed by atoms with van der Waals surface area (Å²) in [4.78, 5) is 15.1. The molecule has 2 aromatic carbocycles. The zero-order valence-electron chi connectivity index (χ0n) is 14.8. The van der Waals surface area contributed by atoms with Crippen LogP contribution < -0.4 is 4.74 Å². The maximum absolute atomic E-state index is 13.2. The molecular weight excluding hydrogens is 424 g/mol. The number of hydrogen-bond donors (Lipinski definition) is 0. The lowest BCUT2D eigenvalue weighted by atomic mass is 10.1. The average molecular weight is 443 g/mol. The van der Waals surface area contributed by atoms with E-state index in [1.165, 1.54) is 0 Å². The van der Waals surface area contributed by atoms with Crippen molar-refractivity contribution in [2.24, 2.45) is 0 Å². The van der Waals surface area contributed by atoms with E-state index in [9.17, 15) is 4.79 Å². The predicted molar refractivity (Wildman–Crippen MR) is 113 cm³/mol. The molecule has 1 unspecified atom stereocenters. The van der Waals surface area contributed by atoms with Crippen LogP contribution in [0.2, 0.25) is 0 Å². The third kappa shape index (κ3) is 3.64. The molecular formula is C21H19BrN2O2S. The Morgan fingerprint density at radius 1 is 1.15 bits per heavy atom. The van der Waals surface area contributed by atoms with Crippen molar-refractivity contribution in [3.8, 4) is 11.4 Å². The second-order valence-electron chi connectivity index (χ2n) is 6.25. The van der Waals surface area contributed by atoms with Gasteiger partial charge in [-0.3, -0.25) is 4.79 Å². The molecule has 3 aromatic rings. The molecule has 1 fully saturated rings. The van der Waals surface area contributed by atoms with Gasteiger partial charge in [0.05, 0.1) is 7.11 Å². The van der Waals surface area contributed by atoms with Crippen LogP contribution in [0.15, 0.2) is 71.5 Å². The topological polar surface area (TPSA) is 34.5 Å². The molecule has 138 valence electrons. The molecule has 1 aliphatic heterocycles. The van der Waals surface area contributed by atoms with Gasteiger partial charge in [-0.15, -0.1) is 11.8 Å². The normalized spacial score (nSPS) is 16.5. The predicted octanol–water partition coefficient (Wildman–Crippen LogP) is 5.14. The number of aromatic nitrogens is 1. The summed E-state index contributed by atoms with van der Waals surface area (Å²) in [6, 6.07) is 17.6. The molecule has 2 heterocycles. The average Bonchev–Trinajstić information content (AvgIpc) is 3.39. The first kappa shape index (κ1) is 18.2. The molecule has 1 atom stereocenters. The highest BCUT2D eigenvalue weighted by Crippen LogP contribution is 2.43. The Morgan fingerprint density at radius 3 is 2.59 bits per heavy atom. The second kappa shape index (κ2) is 7.82. The van der Waals surface area contributed by atoms with E-state index in [1.807, 2.05) is 76.5 Å². The Balaban J connectivity index is 1.60. The van der Waals surface area contributed by atoms with Gasteiger partial charge < -0.3 is 14.2 Å². The van der Waals surface area contributed by atoms with Crippen LogP contribution in [0.4, 0.5) is 0 Å². The summed E-state index contributed by atoms with van der Waals surface area (Å²) in [5.74, 6) is 1.76. The Bertz CT molecular complexity index is 941. The number of thioether (sulfide) groups is 1. The summed E-state index contributed by atoms with van der Waals surface area (Å²) >= 11 is 5.30. The third-order valence-corrected chi connectivity index (χ3v) is 6.36. The van der Waals surface area contributed by atoms with E-state index < -0.39 is 0 Å². The van der Waals surface area contributed by atoms with Crippen LogP contribution in [-0.4, -0.2) is 34.8 Å². The van der Waals surface area contributed by atoms with Crippen LogP contribution in [0, 0.1) is 0 Å². The van der Waals surface area contributed by atoms with Gasteiger partial charge in [0.15, 0.2) is 0 Å². The van der Waals surface area contributed by atoms with Gasteiger partial charge in [0, 0.05) is 46.0 Å². The van der Waals surface area contributed by atoms with Crippen molar-refractivity contribution in [3.05, 3.63) is 82.6 Å². The molecule has 1 aliphatic rings. The lowest BCUT2D eigenvalue weighted by molar-refractivity contribution is 0.0759. The highest BCUT2D eigenvalue weighted by Gasteiger charge is 2.33. The number of benzene rings is 2. The fourth-order valence-electron chi connectivity index (χ4n) is 3.28. The van der Waals surface area contributed by atoms with E-state index in [0.29, 0.717) is 5.56 Å². The Hall–Kier alpha value is -2.18. The van der Waals surface area contributed by atoms with Crippen LogP contribution in [0.5, 0.6) is 5.75 Å². The van der Waals surface area contributed by atoms with E-state index in [-0.39, 0.29) is 11.3 Å². The number of carbonyl (C=O) groups is 1. The van der Waals surface area contributed by atoms with Gasteiger partial charge in [0.25, 0.3) is 5.91 Å². The number of rotatable bonds is 4. The minimum absolute atomic E-state index is 0.0472. The second-order valence-corrected chi connectivity index (χ2v) is 8.35. The fourth-order valence-corrected chi connectivity index (χ4v) is 4.93. The highest BCUT2D eigenvalue weighted by molar-refractivity contribution is 9.10. The van der Waals surface area contributed by atoms with Crippen LogP contribution in [0.3, 0.4) is 0 Å².